The molecular weight excluding hydrogens is 266 g/mol. The monoisotopic (exact) mass is 295 g/mol. The molecule has 0 spiro atoms. The van der Waals surface area contributed by atoms with Crippen molar-refractivity contribution in [2.24, 2.45) is 17.0 Å². The SMILES string of the molecule is CC(C)C[C@@H](CN=[N+]=[N-])N1CCN(CC(C)C)CCC1=O. The van der Waals surface area contributed by atoms with Gasteiger partial charge in [0.05, 0.1) is 0 Å². The van der Waals surface area contributed by atoms with E-state index >= 15 is 0 Å². The molecule has 0 unspecified atom stereocenters. The van der Waals surface area contributed by atoms with Gasteiger partial charge in [-0.3, -0.25) is 4.79 Å². The minimum absolute atomic E-state index is 0.0346. The fraction of sp³-hybridized carbons (Fsp3) is 0.933. The molecule has 0 aromatic heterocycles. The summed E-state index contributed by atoms with van der Waals surface area (Å²) in [5.41, 5.74) is 8.56. The molecule has 1 fully saturated rings. The first-order chi connectivity index (χ1) is 9.93. The molecule has 1 saturated heterocycles. The molecule has 0 bridgehead atoms. The van der Waals surface area contributed by atoms with Crippen molar-refractivity contribution in [3.05, 3.63) is 10.4 Å². The number of carbonyl (C=O) groups excluding carboxylic acids is 1. The van der Waals surface area contributed by atoms with Crippen LogP contribution in [0.3, 0.4) is 0 Å². The van der Waals surface area contributed by atoms with E-state index in [9.17, 15) is 4.79 Å². The Morgan fingerprint density at radius 2 is 1.90 bits per heavy atom. The van der Waals surface area contributed by atoms with E-state index in [-0.39, 0.29) is 11.9 Å². The molecule has 1 heterocycles. The van der Waals surface area contributed by atoms with Crippen LogP contribution in [-0.4, -0.2) is 54.5 Å². The molecule has 6 heteroatoms. The predicted octanol–water partition coefficient (Wildman–Crippen LogP) is 2.90. The van der Waals surface area contributed by atoms with Crippen LogP contribution in [-0.2, 0) is 4.79 Å². The lowest BCUT2D eigenvalue weighted by molar-refractivity contribution is -0.132. The first kappa shape index (κ1) is 17.8. The van der Waals surface area contributed by atoms with Gasteiger partial charge in [0.25, 0.3) is 0 Å². The summed E-state index contributed by atoms with van der Waals surface area (Å²) in [7, 11) is 0. The molecule has 1 atom stereocenters. The molecule has 1 aliphatic heterocycles. The maximum absolute atomic E-state index is 12.4. The molecule has 1 rings (SSSR count). The molecule has 21 heavy (non-hydrogen) atoms. The van der Waals surface area contributed by atoms with Gasteiger partial charge in [0, 0.05) is 50.1 Å². The normalized spacial score (nSPS) is 18.8. The first-order valence-electron chi connectivity index (χ1n) is 7.96. The van der Waals surface area contributed by atoms with E-state index in [1.54, 1.807) is 0 Å². The van der Waals surface area contributed by atoms with E-state index in [4.69, 9.17) is 5.53 Å². The topological polar surface area (TPSA) is 72.3 Å². The van der Waals surface area contributed by atoms with Crippen LogP contribution >= 0.6 is 0 Å². The first-order valence-corrected chi connectivity index (χ1v) is 7.96. The summed E-state index contributed by atoms with van der Waals surface area (Å²) in [5, 5.41) is 3.71. The van der Waals surface area contributed by atoms with Gasteiger partial charge < -0.3 is 9.80 Å². The van der Waals surface area contributed by atoms with E-state index < -0.39 is 0 Å². The Morgan fingerprint density at radius 1 is 1.19 bits per heavy atom. The summed E-state index contributed by atoms with van der Waals surface area (Å²) in [6, 6.07) is 0.0346. The van der Waals surface area contributed by atoms with Crippen LogP contribution in [0.15, 0.2) is 5.11 Å². The van der Waals surface area contributed by atoms with Crippen molar-refractivity contribution in [3.8, 4) is 0 Å². The molecule has 0 radical (unpaired) electrons. The smallest absolute Gasteiger partial charge is 0.224 e. The second kappa shape index (κ2) is 8.90. The largest absolute Gasteiger partial charge is 0.338 e. The quantitative estimate of drug-likeness (QED) is 0.411. The molecular formula is C15H29N5O. The minimum Gasteiger partial charge on any atom is -0.338 e. The summed E-state index contributed by atoms with van der Waals surface area (Å²) in [6.45, 7) is 12.6. The number of hydrogen-bond donors (Lipinski definition) is 0. The van der Waals surface area contributed by atoms with E-state index in [0.717, 1.165) is 32.6 Å². The zero-order chi connectivity index (χ0) is 15.8. The summed E-state index contributed by atoms with van der Waals surface area (Å²) in [6.07, 6.45) is 1.45. The van der Waals surface area contributed by atoms with Crippen LogP contribution in [0.4, 0.5) is 0 Å². The van der Waals surface area contributed by atoms with Crippen molar-refractivity contribution >= 4 is 5.91 Å². The Morgan fingerprint density at radius 3 is 2.48 bits per heavy atom. The van der Waals surface area contributed by atoms with Crippen molar-refractivity contribution in [2.75, 3.05) is 32.7 Å². The lowest BCUT2D eigenvalue weighted by atomic mass is 10.0. The van der Waals surface area contributed by atoms with Crippen LogP contribution < -0.4 is 0 Å². The summed E-state index contributed by atoms with van der Waals surface area (Å²) in [4.78, 5) is 19.6. The van der Waals surface area contributed by atoms with E-state index in [1.165, 1.54) is 0 Å². The van der Waals surface area contributed by atoms with Gasteiger partial charge in [-0.25, -0.2) is 0 Å². The average molecular weight is 295 g/mol. The van der Waals surface area contributed by atoms with Crippen molar-refractivity contribution in [2.45, 2.75) is 46.6 Å². The minimum atomic E-state index is 0.0346. The van der Waals surface area contributed by atoms with Gasteiger partial charge in [-0.1, -0.05) is 32.8 Å². The van der Waals surface area contributed by atoms with Gasteiger partial charge in [0.1, 0.15) is 0 Å². The van der Waals surface area contributed by atoms with Crippen LogP contribution in [0.5, 0.6) is 0 Å². The molecule has 6 nitrogen and oxygen atoms in total. The molecule has 0 saturated carbocycles. The Kier molecular flexibility index (Phi) is 7.54. The van der Waals surface area contributed by atoms with Crippen molar-refractivity contribution in [1.82, 2.24) is 9.80 Å². The van der Waals surface area contributed by atoms with Gasteiger partial charge in [-0.2, -0.15) is 0 Å². The van der Waals surface area contributed by atoms with E-state index in [2.05, 4.69) is 42.6 Å². The van der Waals surface area contributed by atoms with Gasteiger partial charge >= 0.3 is 0 Å². The van der Waals surface area contributed by atoms with Crippen molar-refractivity contribution in [1.29, 1.82) is 0 Å². The highest BCUT2D eigenvalue weighted by atomic mass is 16.2. The van der Waals surface area contributed by atoms with E-state index in [1.807, 2.05) is 4.90 Å². The van der Waals surface area contributed by atoms with Crippen LogP contribution in [0.25, 0.3) is 10.4 Å². The number of rotatable bonds is 7. The average Bonchev–Trinajstić information content (AvgIpc) is 2.56. The molecule has 0 aromatic rings. The van der Waals surface area contributed by atoms with Crippen molar-refractivity contribution in [3.63, 3.8) is 0 Å². The Hall–Kier alpha value is -1.26. The van der Waals surface area contributed by atoms with Gasteiger partial charge in [-0.15, -0.1) is 0 Å². The molecule has 120 valence electrons. The highest BCUT2D eigenvalue weighted by Gasteiger charge is 2.27. The third kappa shape index (κ3) is 6.36. The predicted molar refractivity (Wildman–Crippen MR) is 84.9 cm³/mol. The number of hydrogen-bond acceptors (Lipinski definition) is 3. The number of carbonyl (C=O) groups is 1. The molecule has 0 N–H and O–H groups in total. The van der Waals surface area contributed by atoms with E-state index in [0.29, 0.717) is 24.8 Å². The molecule has 1 amide bonds. The maximum atomic E-state index is 12.4. The zero-order valence-electron chi connectivity index (χ0n) is 13.8. The highest BCUT2D eigenvalue weighted by Crippen LogP contribution is 2.16. The van der Waals surface area contributed by atoms with Crippen LogP contribution in [0.1, 0.15) is 40.5 Å². The fourth-order valence-corrected chi connectivity index (χ4v) is 2.94. The second-order valence-electron chi connectivity index (χ2n) is 6.73. The second-order valence-corrected chi connectivity index (χ2v) is 6.73. The summed E-state index contributed by atoms with van der Waals surface area (Å²) >= 11 is 0. The molecule has 1 aliphatic rings. The third-order valence-corrected chi connectivity index (χ3v) is 3.78. The van der Waals surface area contributed by atoms with Crippen molar-refractivity contribution < 1.29 is 4.79 Å². The third-order valence-electron chi connectivity index (χ3n) is 3.78. The van der Waals surface area contributed by atoms with Crippen LogP contribution in [0, 0.1) is 11.8 Å². The number of amides is 1. The standard InChI is InChI=1S/C15H29N5O/c1-12(2)9-14(10-17-18-16)20-8-7-19(11-13(3)4)6-5-15(20)21/h12-14H,5-11H2,1-4H3/t14-/m0/s1. The van der Waals surface area contributed by atoms with Crippen LogP contribution in [0.2, 0.25) is 0 Å². The molecule has 0 aliphatic carbocycles. The number of azide groups is 1. The number of nitrogens with zero attached hydrogens (tertiary/aromatic N) is 5. The van der Waals surface area contributed by atoms with Gasteiger partial charge in [0.2, 0.25) is 5.91 Å². The lowest BCUT2D eigenvalue weighted by Crippen LogP contribution is -2.44. The molecule has 0 aromatic carbocycles. The maximum Gasteiger partial charge on any atom is 0.224 e. The van der Waals surface area contributed by atoms with Gasteiger partial charge in [0.15, 0.2) is 0 Å². The Bertz CT molecular complexity index is 376. The summed E-state index contributed by atoms with van der Waals surface area (Å²) in [5.74, 6) is 1.29. The lowest BCUT2D eigenvalue weighted by Gasteiger charge is -2.31. The Labute approximate surface area is 128 Å². The highest BCUT2D eigenvalue weighted by molar-refractivity contribution is 5.77. The Balaban J connectivity index is 2.72. The van der Waals surface area contributed by atoms with Gasteiger partial charge in [-0.05, 0) is 23.8 Å². The summed E-state index contributed by atoms with van der Waals surface area (Å²) < 4.78 is 0. The zero-order valence-corrected chi connectivity index (χ0v) is 13.8. The fourth-order valence-electron chi connectivity index (χ4n) is 2.94.